The second-order valence-corrected chi connectivity index (χ2v) is 6.55. The molecule has 2 nitrogen and oxygen atoms in total. The Kier molecular flexibility index (Phi) is 3.84. The lowest BCUT2D eigenvalue weighted by Gasteiger charge is -2.33. The second kappa shape index (κ2) is 5.50. The number of halogens is 2. The van der Waals surface area contributed by atoms with Crippen molar-refractivity contribution >= 4 is 28.4 Å². The smallest absolute Gasteiger partial charge is 0.203 e. The van der Waals surface area contributed by atoms with Crippen LogP contribution in [0.15, 0.2) is 48.5 Å². The van der Waals surface area contributed by atoms with Gasteiger partial charge in [-0.15, -0.1) is 0 Å². The van der Waals surface area contributed by atoms with Crippen molar-refractivity contribution in [3.63, 3.8) is 0 Å². The first kappa shape index (κ1) is 14.7. The molecule has 0 heterocycles. The number of carbonyl (C=O) groups is 1. The van der Waals surface area contributed by atoms with E-state index in [0.29, 0.717) is 17.5 Å². The van der Waals surface area contributed by atoms with E-state index in [1.165, 1.54) is 0 Å². The van der Waals surface area contributed by atoms with Crippen LogP contribution in [0.1, 0.15) is 34.0 Å². The molecule has 0 spiro atoms. The third-order valence-corrected chi connectivity index (χ3v) is 4.74. The van der Waals surface area contributed by atoms with Gasteiger partial charge >= 0.3 is 0 Å². The van der Waals surface area contributed by atoms with E-state index in [-0.39, 0.29) is 6.42 Å². The maximum absolute atomic E-state index is 15.2. The number of Topliss-reactive ketones (excluding diaryl/α,β-unsaturated/α-hetero) is 1. The van der Waals surface area contributed by atoms with Gasteiger partial charge in [-0.05, 0) is 58.7 Å². The van der Waals surface area contributed by atoms with Gasteiger partial charge in [-0.1, -0.05) is 36.4 Å². The molecule has 1 aliphatic carbocycles. The molecule has 0 bridgehead atoms. The van der Waals surface area contributed by atoms with E-state index >= 15 is 4.39 Å². The van der Waals surface area contributed by atoms with Crippen molar-refractivity contribution in [3.8, 4) is 0 Å². The summed E-state index contributed by atoms with van der Waals surface area (Å²) in [4.78, 5) is 12.5. The summed E-state index contributed by atoms with van der Waals surface area (Å²) in [6.07, 6.45) is -0.967. The van der Waals surface area contributed by atoms with Gasteiger partial charge < -0.3 is 5.11 Å². The number of alkyl halides is 1. The molecule has 1 N–H and O–H groups in total. The van der Waals surface area contributed by atoms with E-state index in [1.54, 1.807) is 36.4 Å². The number of carbonyl (C=O) groups excluding carboxylic acids is 1. The summed E-state index contributed by atoms with van der Waals surface area (Å²) in [7, 11) is 0. The monoisotopic (exact) mass is 396 g/mol. The molecule has 2 aromatic rings. The van der Waals surface area contributed by atoms with E-state index in [1.807, 2.05) is 12.1 Å². The Morgan fingerprint density at radius 1 is 1.14 bits per heavy atom. The highest BCUT2D eigenvalue weighted by atomic mass is 127. The van der Waals surface area contributed by atoms with Crippen molar-refractivity contribution in [1.29, 1.82) is 0 Å². The predicted molar refractivity (Wildman–Crippen MR) is 87.1 cm³/mol. The van der Waals surface area contributed by atoms with Gasteiger partial charge in [0.05, 0.1) is 0 Å². The first-order valence-electron chi connectivity index (χ1n) is 6.77. The molecule has 4 heteroatoms. The lowest BCUT2D eigenvalue weighted by molar-refractivity contribution is -0.00673. The summed E-state index contributed by atoms with van der Waals surface area (Å²) in [5.74, 6) is -0.615. The zero-order chi connectivity index (χ0) is 15.0. The average Bonchev–Trinajstić information content (AvgIpc) is 2.51. The maximum Gasteiger partial charge on any atom is 0.203 e. The fourth-order valence-electron chi connectivity index (χ4n) is 2.78. The fourth-order valence-corrected chi connectivity index (χ4v) is 3.14. The lowest BCUT2D eigenvalue weighted by atomic mass is 9.76. The first-order valence-corrected chi connectivity index (χ1v) is 7.85. The van der Waals surface area contributed by atoms with Crippen LogP contribution < -0.4 is 0 Å². The first-order chi connectivity index (χ1) is 10.0. The third-order valence-electron chi connectivity index (χ3n) is 4.02. The Morgan fingerprint density at radius 2 is 1.81 bits per heavy atom. The van der Waals surface area contributed by atoms with Crippen molar-refractivity contribution in [2.75, 3.05) is 0 Å². The number of hydrogen-bond donors (Lipinski definition) is 1. The predicted octanol–water partition coefficient (Wildman–Crippen LogP) is 3.86. The van der Waals surface area contributed by atoms with Gasteiger partial charge in [0.15, 0.2) is 0 Å². The standard InChI is InChI=1S/C17H14FIO2/c18-17(15(20)12-5-7-13(19)8-6-12)10-9-11-3-1-2-4-14(11)16(17)21/h1-8,15,20H,9-10H2/t15-,17+/m0/s1. The molecule has 0 amide bonds. The molecule has 0 fully saturated rings. The van der Waals surface area contributed by atoms with Gasteiger partial charge in [0, 0.05) is 9.13 Å². The van der Waals surface area contributed by atoms with Gasteiger partial charge in [0.25, 0.3) is 0 Å². The quantitative estimate of drug-likeness (QED) is 0.783. The van der Waals surface area contributed by atoms with E-state index in [0.717, 1.165) is 9.13 Å². The number of ketones is 1. The van der Waals surface area contributed by atoms with Crippen LogP contribution in [0, 0.1) is 3.57 Å². The Labute approximate surface area is 136 Å². The van der Waals surface area contributed by atoms with E-state index in [4.69, 9.17) is 0 Å². The van der Waals surface area contributed by atoms with Gasteiger partial charge in [-0.3, -0.25) is 4.79 Å². The minimum absolute atomic E-state index is 0.00992. The molecule has 108 valence electrons. The average molecular weight is 396 g/mol. The van der Waals surface area contributed by atoms with Crippen molar-refractivity contribution in [1.82, 2.24) is 0 Å². The van der Waals surface area contributed by atoms with Gasteiger partial charge in [0.2, 0.25) is 11.5 Å². The fraction of sp³-hybridized carbons (Fsp3) is 0.235. The highest BCUT2D eigenvalue weighted by Crippen LogP contribution is 2.40. The Morgan fingerprint density at radius 3 is 2.52 bits per heavy atom. The summed E-state index contributed by atoms with van der Waals surface area (Å²) in [6.45, 7) is 0. The van der Waals surface area contributed by atoms with Gasteiger partial charge in [0.1, 0.15) is 6.10 Å². The normalized spacial score (nSPS) is 22.7. The minimum atomic E-state index is -2.25. The van der Waals surface area contributed by atoms with Gasteiger partial charge in [-0.25, -0.2) is 4.39 Å². The number of aryl methyl sites for hydroxylation is 1. The number of aliphatic hydroxyl groups excluding tert-OH is 1. The maximum atomic E-state index is 15.2. The van der Waals surface area contributed by atoms with Crippen LogP contribution >= 0.6 is 22.6 Å². The van der Waals surface area contributed by atoms with Crippen LogP contribution in [0.5, 0.6) is 0 Å². The zero-order valence-electron chi connectivity index (χ0n) is 11.2. The highest BCUT2D eigenvalue weighted by molar-refractivity contribution is 14.1. The van der Waals surface area contributed by atoms with Gasteiger partial charge in [-0.2, -0.15) is 0 Å². The van der Waals surface area contributed by atoms with E-state index in [2.05, 4.69) is 22.6 Å². The van der Waals surface area contributed by atoms with Crippen LogP contribution in [0.4, 0.5) is 4.39 Å². The van der Waals surface area contributed by atoms with E-state index < -0.39 is 17.6 Å². The SMILES string of the molecule is O=C1c2ccccc2CC[C@@]1(F)[C@@H](O)c1ccc(I)cc1. The number of rotatable bonds is 2. The van der Waals surface area contributed by atoms with Crippen LogP contribution in [-0.2, 0) is 6.42 Å². The molecule has 2 atom stereocenters. The van der Waals surface area contributed by atoms with E-state index in [9.17, 15) is 9.90 Å². The van der Waals surface area contributed by atoms with Crippen molar-refractivity contribution in [2.24, 2.45) is 0 Å². The summed E-state index contributed by atoms with van der Waals surface area (Å²) >= 11 is 2.14. The van der Waals surface area contributed by atoms with Crippen LogP contribution in [0.3, 0.4) is 0 Å². The lowest BCUT2D eigenvalue weighted by Crippen LogP contribution is -2.44. The molecular formula is C17H14FIO2. The second-order valence-electron chi connectivity index (χ2n) is 5.30. The summed E-state index contributed by atoms with van der Waals surface area (Å²) in [5.41, 5.74) is -0.576. The van der Waals surface area contributed by atoms with Crippen LogP contribution in [-0.4, -0.2) is 16.6 Å². The number of aliphatic hydroxyl groups is 1. The number of fused-ring (bicyclic) bond motifs is 1. The van der Waals surface area contributed by atoms with Crippen LogP contribution in [0.25, 0.3) is 0 Å². The molecule has 3 rings (SSSR count). The Bertz CT molecular complexity index is 683. The number of benzene rings is 2. The molecular weight excluding hydrogens is 382 g/mol. The summed E-state index contributed by atoms with van der Waals surface area (Å²) in [6, 6.07) is 14.0. The third kappa shape index (κ3) is 2.51. The Balaban J connectivity index is 1.98. The molecule has 2 aromatic carbocycles. The van der Waals surface area contributed by atoms with Crippen molar-refractivity contribution in [3.05, 3.63) is 68.8 Å². The molecule has 0 saturated carbocycles. The molecule has 21 heavy (non-hydrogen) atoms. The van der Waals surface area contributed by atoms with Crippen LogP contribution in [0.2, 0.25) is 0 Å². The molecule has 0 unspecified atom stereocenters. The molecule has 0 radical (unpaired) electrons. The molecule has 0 saturated heterocycles. The minimum Gasteiger partial charge on any atom is -0.385 e. The summed E-state index contributed by atoms with van der Waals surface area (Å²) < 4.78 is 16.2. The molecule has 0 aromatic heterocycles. The van der Waals surface area contributed by atoms with Crippen molar-refractivity contribution in [2.45, 2.75) is 24.6 Å². The molecule has 1 aliphatic rings. The highest BCUT2D eigenvalue weighted by Gasteiger charge is 2.49. The topological polar surface area (TPSA) is 37.3 Å². The largest absolute Gasteiger partial charge is 0.385 e. The zero-order valence-corrected chi connectivity index (χ0v) is 13.4. The molecule has 0 aliphatic heterocycles. The van der Waals surface area contributed by atoms with Crippen molar-refractivity contribution < 1.29 is 14.3 Å². The summed E-state index contributed by atoms with van der Waals surface area (Å²) in [5, 5.41) is 10.4. The Hall–Kier alpha value is -1.27. The number of hydrogen-bond acceptors (Lipinski definition) is 2.